The molecule has 4 heterocycles. The molecule has 4 rings (SSSR count). The Balaban J connectivity index is 1.52. The molecule has 8 heteroatoms. The standard InChI is InChI=1S/C20H24N6O2/c1-14-11-17(15(2)28-14)18-12-23-25-20(24-18)22-13-19(16-3-5-21-6-4-16)26-7-9-27-10-8-26/h3-6,11-12,19H,7-10,13H2,1-2H3,(H,22,24,25). The summed E-state index contributed by atoms with van der Waals surface area (Å²) in [6.45, 7) is 7.78. The average molecular weight is 380 g/mol. The van der Waals surface area contributed by atoms with Crippen molar-refractivity contribution >= 4 is 5.95 Å². The van der Waals surface area contributed by atoms with Crippen molar-refractivity contribution in [1.82, 2.24) is 25.1 Å². The van der Waals surface area contributed by atoms with Gasteiger partial charge in [0.1, 0.15) is 11.5 Å². The number of aryl methyl sites for hydroxylation is 2. The molecule has 1 atom stereocenters. The monoisotopic (exact) mass is 380 g/mol. The summed E-state index contributed by atoms with van der Waals surface area (Å²) in [5.74, 6) is 2.18. The van der Waals surface area contributed by atoms with Crippen LogP contribution < -0.4 is 5.32 Å². The van der Waals surface area contributed by atoms with Gasteiger partial charge in [0, 0.05) is 37.6 Å². The molecule has 28 heavy (non-hydrogen) atoms. The predicted octanol–water partition coefficient (Wildman–Crippen LogP) is 2.63. The van der Waals surface area contributed by atoms with Crippen molar-refractivity contribution < 1.29 is 9.15 Å². The highest BCUT2D eigenvalue weighted by Gasteiger charge is 2.23. The third-order valence-electron chi connectivity index (χ3n) is 4.91. The molecule has 1 fully saturated rings. The summed E-state index contributed by atoms with van der Waals surface area (Å²) in [6, 6.07) is 6.25. The summed E-state index contributed by atoms with van der Waals surface area (Å²) in [5, 5.41) is 11.6. The van der Waals surface area contributed by atoms with Crippen LogP contribution in [0, 0.1) is 13.8 Å². The molecule has 0 amide bonds. The van der Waals surface area contributed by atoms with Crippen LogP contribution in [0.2, 0.25) is 0 Å². The number of aromatic nitrogens is 4. The van der Waals surface area contributed by atoms with Crippen LogP contribution in [-0.2, 0) is 4.74 Å². The number of rotatable bonds is 6. The van der Waals surface area contributed by atoms with Crippen LogP contribution in [0.15, 0.2) is 41.2 Å². The molecule has 0 aliphatic carbocycles. The zero-order valence-electron chi connectivity index (χ0n) is 16.1. The molecule has 1 unspecified atom stereocenters. The number of morpholine rings is 1. The Morgan fingerprint density at radius 3 is 2.68 bits per heavy atom. The van der Waals surface area contributed by atoms with Crippen molar-refractivity contribution in [3.05, 3.63) is 53.9 Å². The maximum Gasteiger partial charge on any atom is 0.243 e. The third kappa shape index (κ3) is 4.18. The lowest BCUT2D eigenvalue weighted by molar-refractivity contribution is 0.0186. The van der Waals surface area contributed by atoms with Gasteiger partial charge in [-0.15, -0.1) is 5.10 Å². The Kier molecular flexibility index (Phi) is 5.59. The minimum atomic E-state index is 0.178. The molecule has 0 bridgehead atoms. The number of hydrogen-bond acceptors (Lipinski definition) is 8. The Morgan fingerprint density at radius 2 is 1.96 bits per heavy atom. The first-order chi connectivity index (χ1) is 13.7. The van der Waals surface area contributed by atoms with Gasteiger partial charge >= 0.3 is 0 Å². The molecule has 0 saturated carbocycles. The van der Waals surface area contributed by atoms with E-state index < -0.39 is 0 Å². The fourth-order valence-electron chi connectivity index (χ4n) is 3.51. The molecule has 1 aliphatic rings. The summed E-state index contributed by atoms with van der Waals surface area (Å²) in [5.41, 5.74) is 2.89. The molecule has 0 aromatic carbocycles. The van der Waals surface area contributed by atoms with Crippen molar-refractivity contribution in [1.29, 1.82) is 0 Å². The number of nitrogens with zero attached hydrogens (tertiary/aromatic N) is 5. The summed E-state index contributed by atoms with van der Waals surface area (Å²) >= 11 is 0. The largest absolute Gasteiger partial charge is 0.466 e. The van der Waals surface area contributed by atoms with Crippen molar-refractivity contribution in [2.75, 3.05) is 38.2 Å². The van der Waals surface area contributed by atoms with Gasteiger partial charge in [-0.2, -0.15) is 5.10 Å². The first kappa shape index (κ1) is 18.5. The molecule has 146 valence electrons. The molecule has 3 aromatic rings. The molecule has 8 nitrogen and oxygen atoms in total. The third-order valence-corrected chi connectivity index (χ3v) is 4.91. The maximum absolute atomic E-state index is 5.61. The van der Waals surface area contributed by atoms with E-state index in [9.17, 15) is 0 Å². The number of anilines is 1. The number of ether oxygens (including phenoxy) is 1. The van der Waals surface area contributed by atoms with E-state index in [1.165, 1.54) is 5.56 Å². The van der Waals surface area contributed by atoms with Gasteiger partial charge in [-0.1, -0.05) is 0 Å². The van der Waals surface area contributed by atoms with E-state index in [1.807, 2.05) is 32.3 Å². The van der Waals surface area contributed by atoms with Gasteiger partial charge in [0.25, 0.3) is 0 Å². The molecule has 1 saturated heterocycles. The Bertz CT molecular complexity index is 908. The van der Waals surface area contributed by atoms with E-state index in [0.717, 1.165) is 49.1 Å². The molecule has 3 aromatic heterocycles. The maximum atomic E-state index is 5.61. The zero-order valence-corrected chi connectivity index (χ0v) is 16.1. The van der Waals surface area contributed by atoms with Crippen LogP contribution in [0.5, 0.6) is 0 Å². The smallest absolute Gasteiger partial charge is 0.243 e. The molecule has 1 N–H and O–H groups in total. The van der Waals surface area contributed by atoms with E-state index in [2.05, 4.69) is 42.5 Å². The van der Waals surface area contributed by atoms with Gasteiger partial charge in [-0.25, -0.2) is 4.98 Å². The van der Waals surface area contributed by atoms with Gasteiger partial charge in [-0.3, -0.25) is 9.88 Å². The minimum Gasteiger partial charge on any atom is -0.466 e. The lowest BCUT2D eigenvalue weighted by atomic mass is 10.1. The molecule has 1 aliphatic heterocycles. The fourth-order valence-corrected chi connectivity index (χ4v) is 3.51. The highest BCUT2D eigenvalue weighted by Crippen LogP contribution is 2.25. The lowest BCUT2D eigenvalue weighted by Crippen LogP contribution is -2.41. The van der Waals surface area contributed by atoms with E-state index in [-0.39, 0.29) is 6.04 Å². The Labute approximate surface area is 164 Å². The molecule has 0 radical (unpaired) electrons. The van der Waals surface area contributed by atoms with Gasteiger partial charge in [0.15, 0.2) is 0 Å². The quantitative estimate of drug-likeness (QED) is 0.698. The van der Waals surface area contributed by atoms with Crippen molar-refractivity contribution in [3.8, 4) is 11.3 Å². The van der Waals surface area contributed by atoms with E-state index in [1.54, 1.807) is 6.20 Å². The summed E-state index contributed by atoms with van der Waals surface area (Å²) < 4.78 is 11.1. The number of hydrogen-bond donors (Lipinski definition) is 1. The highest BCUT2D eigenvalue weighted by molar-refractivity contribution is 5.61. The second kappa shape index (κ2) is 8.45. The van der Waals surface area contributed by atoms with E-state index in [0.29, 0.717) is 12.5 Å². The van der Waals surface area contributed by atoms with E-state index in [4.69, 9.17) is 9.15 Å². The highest BCUT2D eigenvalue weighted by atomic mass is 16.5. The van der Waals surface area contributed by atoms with Crippen LogP contribution in [0.1, 0.15) is 23.1 Å². The van der Waals surface area contributed by atoms with Gasteiger partial charge in [-0.05, 0) is 37.6 Å². The summed E-state index contributed by atoms with van der Waals surface area (Å²) in [7, 11) is 0. The fraction of sp³-hybridized carbons (Fsp3) is 0.400. The van der Waals surface area contributed by atoms with Crippen LogP contribution in [-0.4, -0.2) is 57.9 Å². The SMILES string of the molecule is Cc1cc(-c2cnnc(NCC(c3ccncc3)N3CCOCC3)n2)c(C)o1. The first-order valence-corrected chi connectivity index (χ1v) is 9.43. The molecular formula is C20H24N6O2. The average Bonchev–Trinajstić information content (AvgIpc) is 3.08. The zero-order chi connectivity index (χ0) is 19.3. The van der Waals surface area contributed by atoms with Crippen molar-refractivity contribution in [3.63, 3.8) is 0 Å². The van der Waals surface area contributed by atoms with Crippen molar-refractivity contribution in [2.45, 2.75) is 19.9 Å². The van der Waals surface area contributed by atoms with Crippen LogP contribution >= 0.6 is 0 Å². The number of furan rings is 1. The first-order valence-electron chi connectivity index (χ1n) is 9.43. The van der Waals surface area contributed by atoms with Crippen LogP contribution in [0.25, 0.3) is 11.3 Å². The molecular weight excluding hydrogens is 356 g/mol. The van der Waals surface area contributed by atoms with Crippen LogP contribution in [0.3, 0.4) is 0 Å². The topological polar surface area (TPSA) is 89.2 Å². The molecule has 0 spiro atoms. The van der Waals surface area contributed by atoms with Gasteiger partial charge < -0.3 is 14.5 Å². The second-order valence-electron chi connectivity index (χ2n) is 6.82. The second-order valence-corrected chi connectivity index (χ2v) is 6.82. The summed E-state index contributed by atoms with van der Waals surface area (Å²) in [4.78, 5) is 11.2. The lowest BCUT2D eigenvalue weighted by Gasteiger charge is -2.34. The predicted molar refractivity (Wildman–Crippen MR) is 105 cm³/mol. The van der Waals surface area contributed by atoms with E-state index >= 15 is 0 Å². The Hall–Kier alpha value is -2.84. The van der Waals surface area contributed by atoms with Gasteiger partial charge in [0.2, 0.25) is 5.95 Å². The number of pyridine rings is 1. The summed E-state index contributed by atoms with van der Waals surface area (Å²) in [6.07, 6.45) is 5.31. The number of nitrogens with one attached hydrogen (secondary N) is 1. The van der Waals surface area contributed by atoms with Crippen LogP contribution in [0.4, 0.5) is 5.95 Å². The Morgan fingerprint density at radius 1 is 1.18 bits per heavy atom. The van der Waals surface area contributed by atoms with Crippen molar-refractivity contribution in [2.24, 2.45) is 0 Å². The minimum absolute atomic E-state index is 0.178. The normalized spacial score (nSPS) is 16.1. The van der Waals surface area contributed by atoms with Gasteiger partial charge in [0.05, 0.1) is 31.1 Å².